The molecule has 1 aliphatic rings. The Kier molecular flexibility index (Phi) is 6.68. The highest BCUT2D eigenvalue weighted by Gasteiger charge is 2.40. The van der Waals surface area contributed by atoms with E-state index in [1.54, 1.807) is 7.05 Å². The minimum Gasteiger partial charge on any atom is -0.291 e. The van der Waals surface area contributed by atoms with Crippen molar-refractivity contribution in [3.8, 4) is 11.4 Å². The molecule has 2 atom stereocenters. The Balaban J connectivity index is 1.26. The Morgan fingerprint density at radius 2 is 1.57 bits per heavy atom. The van der Waals surface area contributed by atoms with Gasteiger partial charge in [-0.3, -0.25) is 4.90 Å². The van der Waals surface area contributed by atoms with Gasteiger partial charge in [-0.1, -0.05) is 67.6 Å². The molecule has 0 aliphatic carbocycles. The molecule has 1 aromatic heterocycles. The van der Waals surface area contributed by atoms with Gasteiger partial charge in [-0.15, -0.1) is 10.2 Å². The van der Waals surface area contributed by atoms with Crippen LogP contribution in [0.3, 0.4) is 0 Å². The summed E-state index contributed by atoms with van der Waals surface area (Å²) in [4.78, 5) is 3.68. The molecule has 0 N–H and O–H groups in total. The van der Waals surface area contributed by atoms with Crippen LogP contribution in [0.2, 0.25) is 0 Å². The van der Waals surface area contributed by atoms with E-state index in [-0.39, 0.29) is 23.7 Å². The maximum absolute atomic E-state index is 15.5. The van der Waals surface area contributed by atoms with Gasteiger partial charge in [0.15, 0.2) is 0 Å². The van der Waals surface area contributed by atoms with Crippen molar-refractivity contribution in [1.82, 2.24) is 25.1 Å². The molecular formula is C28H29F2N5. The summed E-state index contributed by atoms with van der Waals surface area (Å²) < 4.78 is 29.8. The molecule has 5 nitrogen and oxygen atoms in total. The highest BCUT2D eigenvalue weighted by molar-refractivity contribution is 5.55. The third-order valence-corrected chi connectivity index (χ3v) is 6.81. The van der Waals surface area contributed by atoms with Crippen molar-refractivity contribution < 1.29 is 8.78 Å². The molecule has 180 valence electrons. The lowest BCUT2D eigenvalue weighted by Crippen LogP contribution is -2.53. The molecule has 0 saturated carbocycles. The summed E-state index contributed by atoms with van der Waals surface area (Å²) in [5.74, 6) is -0.302. The zero-order valence-corrected chi connectivity index (χ0v) is 19.9. The third kappa shape index (κ3) is 5.15. The van der Waals surface area contributed by atoms with Gasteiger partial charge >= 0.3 is 0 Å². The van der Waals surface area contributed by atoms with E-state index in [1.807, 2.05) is 49.4 Å². The maximum Gasteiger partial charge on any atom is 0.205 e. The van der Waals surface area contributed by atoms with Crippen LogP contribution < -0.4 is 0 Å². The molecule has 1 aliphatic heterocycles. The van der Waals surface area contributed by atoms with Crippen molar-refractivity contribution in [2.24, 2.45) is 18.9 Å². The molecule has 1 fully saturated rings. The van der Waals surface area contributed by atoms with E-state index in [2.05, 4.69) is 44.6 Å². The molecule has 2 unspecified atom stereocenters. The van der Waals surface area contributed by atoms with Crippen molar-refractivity contribution in [3.05, 3.63) is 101 Å². The van der Waals surface area contributed by atoms with Gasteiger partial charge in [0.25, 0.3) is 0 Å². The molecule has 0 bridgehead atoms. The van der Waals surface area contributed by atoms with Crippen LogP contribution in [0.5, 0.6) is 0 Å². The zero-order valence-electron chi connectivity index (χ0n) is 19.9. The largest absolute Gasteiger partial charge is 0.291 e. The van der Waals surface area contributed by atoms with Gasteiger partial charge in [-0.2, -0.15) is 4.80 Å². The van der Waals surface area contributed by atoms with E-state index in [0.29, 0.717) is 30.9 Å². The monoisotopic (exact) mass is 473 g/mol. The molecular weight excluding hydrogens is 444 g/mol. The first-order chi connectivity index (χ1) is 17.0. The van der Waals surface area contributed by atoms with Crippen LogP contribution in [0.1, 0.15) is 29.7 Å². The van der Waals surface area contributed by atoms with E-state index in [4.69, 9.17) is 0 Å². The quantitative estimate of drug-likeness (QED) is 0.351. The fraction of sp³-hybridized carbons (Fsp3) is 0.321. The topological polar surface area (TPSA) is 46.8 Å². The zero-order chi connectivity index (χ0) is 24.4. The third-order valence-electron chi connectivity index (χ3n) is 6.81. The lowest BCUT2D eigenvalue weighted by Gasteiger charge is -2.47. The number of aromatic nitrogens is 4. The van der Waals surface area contributed by atoms with E-state index in [1.165, 1.54) is 28.1 Å². The van der Waals surface area contributed by atoms with Crippen LogP contribution >= 0.6 is 0 Å². The molecule has 5 rings (SSSR count). The summed E-state index contributed by atoms with van der Waals surface area (Å²) in [6.45, 7) is 3.29. The number of alkyl halides is 1. The van der Waals surface area contributed by atoms with Crippen molar-refractivity contribution in [2.45, 2.75) is 25.6 Å². The Morgan fingerprint density at radius 3 is 2.14 bits per heavy atom. The number of aryl methyl sites for hydroxylation is 1. The normalized spacial score (nSPS) is 16.3. The van der Waals surface area contributed by atoms with Gasteiger partial charge in [0.1, 0.15) is 12.0 Å². The smallest absolute Gasteiger partial charge is 0.205 e. The molecule has 1 saturated heterocycles. The summed E-state index contributed by atoms with van der Waals surface area (Å²) >= 11 is 0. The van der Waals surface area contributed by atoms with Crippen molar-refractivity contribution in [2.75, 3.05) is 13.1 Å². The van der Waals surface area contributed by atoms with Crippen LogP contribution in [0.25, 0.3) is 11.4 Å². The standard InChI is InChI=1S/C28H29F2N5/c1-19(13-20-14-23(16-25(29)15-20)28-31-33-34(2)32-28)26(30)24-17-35(18-24)27(21-9-5-3-6-10-21)22-11-7-4-8-12-22/h3-12,14-16,19,24,26-27H,13,17-18H2,1-2H3. The van der Waals surface area contributed by atoms with Crippen molar-refractivity contribution >= 4 is 0 Å². The van der Waals surface area contributed by atoms with E-state index >= 15 is 4.39 Å². The number of rotatable bonds is 8. The molecule has 0 spiro atoms. The maximum atomic E-state index is 15.5. The molecule has 2 heterocycles. The first kappa shape index (κ1) is 23.3. The summed E-state index contributed by atoms with van der Waals surface area (Å²) in [6, 6.07) is 25.6. The first-order valence-electron chi connectivity index (χ1n) is 12.0. The minimum absolute atomic E-state index is 0.0467. The second kappa shape index (κ2) is 10.0. The average molecular weight is 474 g/mol. The van der Waals surface area contributed by atoms with Crippen LogP contribution in [0, 0.1) is 17.7 Å². The Labute approximate surface area is 204 Å². The van der Waals surface area contributed by atoms with Crippen LogP contribution in [-0.2, 0) is 13.5 Å². The molecule has 4 aromatic rings. The number of likely N-dealkylation sites (tertiary alicyclic amines) is 1. The van der Waals surface area contributed by atoms with Crippen LogP contribution in [-0.4, -0.2) is 44.4 Å². The number of benzene rings is 3. The van der Waals surface area contributed by atoms with Gasteiger partial charge in [-0.25, -0.2) is 8.78 Å². The molecule has 0 radical (unpaired) electrons. The van der Waals surface area contributed by atoms with Gasteiger partial charge in [-0.05, 0) is 52.4 Å². The Hall–Kier alpha value is -3.45. The Morgan fingerprint density at radius 1 is 0.943 bits per heavy atom. The van der Waals surface area contributed by atoms with Gasteiger partial charge in [0, 0.05) is 24.6 Å². The SMILES string of the molecule is CC(Cc1cc(F)cc(-c2nnn(C)n2)c1)C(F)C1CN(C(c2ccccc2)c2ccccc2)C1. The second-order valence-electron chi connectivity index (χ2n) is 9.51. The Bertz CT molecular complexity index is 1220. The predicted molar refractivity (Wildman–Crippen MR) is 132 cm³/mol. The number of hydrogen-bond donors (Lipinski definition) is 0. The van der Waals surface area contributed by atoms with Crippen molar-refractivity contribution in [1.29, 1.82) is 0 Å². The highest BCUT2D eigenvalue weighted by Crippen LogP contribution is 2.37. The summed E-state index contributed by atoms with van der Waals surface area (Å²) in [6.07, 6.45) is -0.524. The number of tetrazole rings is 1. The average Bonchev–Trinajstić information content (AvgIpc) is 3.28. The first-order valence-corrected chi connectivity index (χ1v) is 12.0. The lowest BCUT2D eigenvalue weighted by atomic mass is 9.82. The molecule has 0 amide bonds. The van der Waals surface area contributed by atoms with E-state index in [9.17, 15) is 4.39 Å². The van der Waals surface area contributed by atoms with Crippen LogP contribution in [0.4, 0.5) is 8.78 Å². The summed E-state index contributed by atoms with van der Waals surface area (Å²) in [5.41, 5.74) is 3.72. The number of nitrogens with zero attached hydrogens (tertiary/aromatic N) is 5. The van der Waals surface area contributed by atoms with Crippen LogP contribution in [0.15, 0.2) is 78.9 Å². The fourth-order valence-corrected chi connectivity index (χ4v) is 5.09. The molecule has 7 heteroatoms. The number of hydrogen-bond acceptors (Lipinski definition) is 4. The highest BCUT2D eigenvalue weighted by atomic mass is 19.1. The second-order valence-corrected chi connectivity index (χ2v) is 9.51. The van der Waals surface area contributed by atoms with E-state index < -0.39 is 6.17 Å². The van der Waals surface area contributed by atoms with E-state index in [0.717, 1.165) is 5.56 Å². The predicted octanol–water partition coefficient (Wildman–Crippen LogP) is 5.25. The van der Waals surface area contributed by atoms with Gasteiger partial charge in [0.05, 0.1) is 13.1 Å². The van der Waals surface area contributed by atoms with Crippen molar-refractivity contribution in [3.63, 3.8) is 0 Å². The lowest BCUT2D eigenvalue weighted by molar-refractivity contribution is -0.00192. The minimum atomic E-state index is -0.972. The fourth-order valence-electron chi connectivity index (χ4n) is 5.09. The molecule has 35 heavy (non-hydrogen) atoms. The molecule has 3 aromatic carbocycles. The summed E-state index contributed by atoms with van der Waals surface area (Å²) in [7, 11) is 1.66. The number of halogens is 2. The van der Waals surface area contributed by atoms with Gasteiger partial charge < -0.3 is 0 Å². The summed E-state index contributed by atoms with van der Waals surface area (Å²) in [5, 5.41) is 11.9. The van der Waals surface area contributed by atoms with Gasteiger partial charge in [0.2, 0.25) is 5.82 Å².